The van der Waals surface area contributed by atoms with Crippen LogP contribution < -0.4 is 4.90 Å². The molecule has 0 saturated carbocycles. The van der Waals surface area contributed by atoms with Crippen LogP contribution in [0.2, 0.25) is 0 Å². The Kier molecular flexibility index (Phi) is 6.56. The van der Waals surface area contributed by atoms with Crippen molar-refractivity contribution in [1.29, 1.82) is 0 Å². The van der Waals surface area contributed by atoms with Crippen LogP contribution >= 0.6 is 0 Å². The number of hydrogen-bond donors (Lipinski definition) is 0. The van der Waals surface area contributed by atoms with Crippen LogP contribution in [0.4, 0.5) is 17.1 Å². The summed E-state index contributed by atoms with van der Waals surface area (Å²) in [5.74, 6) is 0. The second-order valence-corrected chi connectivity index (χ2v) is 14.1. The van der Waals surface area contributed by atoms with E-state index in [4.69, 9.17) is 4.42 Å². The molecule has 1 aliphatic rings. The van der Waals surface area contributed by atoms with Crippen molar-refractivity contribution in [1.82, 2.24) is 0 Å². The van der Waals surface area contributed by atoms with Crippen molar-refractivity contribution < 1.29 is 4.42 Å². The molecule has 0 bridgehead atoms. The van der Waals surface area contributed by atoms with Gasteiger partial charge in [0.1, 0.15) is 11.2 Å². The molecule has 1 aromatic heterocycles. The second-order valence-electron chi connectivity index (χ2n) is 14.1. The molecule has 51 heavy (non-hydrogen) atoms. The molecule has 0 atom stereocenters. The molecular formula is C49H35NO. The third-order valence-electron chi connectivity index (χ3n) is 10.9. The molecule has 242 valence electrons. The van der Waals surface area contributed by atoms with Crippen LogP contribution in [-0.4, -0.2) is 0 Å². The average Bonchev–Trinajstić information content (AvgIpc) is 3.68. The summed E-state index contributed by atoms with van der Waals surface area (Å²) in [5.41, 5.74) is 15.1. The van der Waals surface area contributed by atoms with Gasteiger partial charge in [-0.25, -0.2) is 0 Å². The maximum Gasteiger partial charge on any atom is 0.143 e. The van der Waals surface area contributed by atoms with Crippen LogP contribution in [0.25, 0.3) is 66.1 Å². The van der Waals surface area contributed by atoms with E-state index >= 15 is 0 Å². The highest BCUT2D eigenvalue weighted by atomic mass is 16.3. The lowest BCUT2D eigenvalue weighted by Gasteiger charge is -2.31. The van der Waals surface area contributed by atoms with Gasteiger partial charge in [-0.05, 0) is 75.2 Å². The predicted molar refractivity (Wildman–Crippen MR) is 214 cm³/mol. The van der Waals surface area contributed by atoms with Gasteiger partial charge in [-0.2, -0.15) is 0 Å². The Morgan fingerprint density at radius 1 is 0.451 bits per heavy atom. The van der Waals surface area contributed by atoms with E-state index in [1.54, 1.807) is 0 Å². The summed E-state index contributed by atoms with van der Waals surface area (Å²) in [6, 6.07) is 63.6. The highest BCUT2D eigenvalue weighted by Gasteiger charge is 2.36. The van der Waals surface area contributed by atoms with E-state index in [1.807, 2.05) is 0 Å². The molecule has 0 saturated heterocycles. The standard InChI is InChI=1S/C49H35NO/c1-49(2)42-23-11-8-20-37(42)38-30-28-34(31-43(38)49)50(44-24-12-9-18-35(44)32-15-4-3-5-16-32)45-25-13-10-21-39(45)40-22-14-26-46-47(40)41-29-27-33-17-6-7-19-36(33)48(41)51-46/h3-31H,1-2H3. The summed E-state index contributed by atoms with van der Waals surface area (Å²) < 4.78 is 6.66. The SMILES string of the molecule is CC1(C)c2ccccc2-c2ccc(N(c3ccccc3-c3ccccc3)c3ccccc3-c3cccc4oc5c6ccccc6ccc5c34)cc21. The Bertz CT molecular complexity index is 2790. The van der Waals surface area contributed by atoms with Crippen molar-refractivity contribution >= 4 is 49.8 Å². The van der Waals surface area contributed by atoms with Crippen LogP contribution in [0.1, 0.15) is 25.0 Å². The number of para-hydroxylation sites is 2. The van der Waals surface area contributed by atoms with Gasteiger partial charge in [0, 0.05) is 38.4 Å². The van der Waals surface area contributed by atoms with Gasteiger partial charge in [0.2, 0.25) is 0 Å². The number of fused-ring (bicyclic) bond motifs is 8. The molecule has 0 N–H and O–H groups in total. The smallest absolute Gasteiger partial charge is 0.143 e. The first kappa shape index (κ1) is 29.5. The Morgan fingerprint density at radius 3 is 1.94 bits per heavy atom. The first-order valence-corrected chi connectivity index (χ1v) is 17.7. The monoisotopic (exact) mass is 653 g/mol. The molecule has 0 spiro atoms. The fraction of sp³-hybridized carbons (Fsp3) is 0.0612. The number of furan rings is 1. The van der Waals surface area contributed by atoms with Crippen molar-refractivity contribution in [2.45, 2.75) is 19.3 Å². The van der Waals surface area contributed by atoms with Crippen molar-refractivity contribution in [3.63, 3.8) is 0 Å². The van der Waals surface area contributed by atoms with Crippen LogP contribution in [-0.2, 0) is 5.41 Å². The van der Waals surface area contributed by atoms with Crippen molar-refractivity contribution in [2.24, 2.45) is 0 Å². The fourth-order valence-corrected chi connectivity index (χ4v) is 8.44. The molecule has 1 heterocycles. The zero-order valence-corrected chi connectivity index (χ0v) is 28.6. The maximum absolute atomic E-state index is 6.66. The van der Waals surface area contributed by atoms with Gasteiger partial charge in [0.15, 0.2) is 0 Å². The number of rotatable bonds is 5. The second kappa shape index (κ2) is 11.3. The first-order valence-electron chi connectivity index (χ1n) is 17.7. The normalized spacial score (nSPS) is 13.1. The summed E-state index contributed by atoms with van der Waals surface area (Å²) in [7, 11) is 0. The zero-order valence-electron chi connectivity index (χ0n) is 28.6. The first-order chi connectivity index (χ1) is 25.1. The van der Waals surface area contributed by atoms with Crippen LogP contribution in [0.5, 0.6) is 0 Å². The van der Waals surface area contributed by atoms with E-state index in [0.29, 0.717) is 0 Å². The number of nitrogens with zero attached hydrogens (tertiary/aromatic N) is 1. The van der Waals surface area contributed by atoms with Gasteiger partial charge in [-0.1, -0.05) is 153 Å². The Morgan fingerprint density at radius 2 is 1.10 bits per heavy atom. The lowest BCUT2D eigenvalue weighted by molar-refractivity contribution is 0.660. The summed E-state index contributed by atoms with van der Waals surface area (Å²) in [6.07, 6.45) is 0. The molecule has 8 aromatic carbocycles. The molecule has 2 nitrogen and oxygen atoms in total. The van der Waals surface area contributed by atoms with Crippen molar-refractivity contribution in [3.05, 3.63) is 187 Å². The van der Waals surface area contributed by atoms with E-state index in [2.05, 4.69) is 195 Å². The highest BCUT2D eigenvalue weighted by Crippen LogP contribution is 2.52. The van der Waals surface area contributed by atoms with Gasteiger partial charge >= 0.3 is 0 Å². The molecule has 9 aromatic rings. The molecule has 10 rings (SSSR count). The fourth-order valence-electron chi connectivity index (χ4n) is 8.44. The minimum atomic E-state index is -0.129. The molecule has 0 aliphatic heterocycles. The summed E-state index contributed by atoms with van der Waals surface area (Å²) >= 11 is 0. The van der Waals surface area contributed by atoms with Crippen LogP contribution in [0.3, 0.4) is 0 Å². The van der Waals surface area contributed by atoms with Crippen LogP contribution in [0, 0.1) is 0 Å². The average molecular weight is 654 g/mol. The zero-order chi connectivity index (χ0) is 34.1. The largest absolute Gasteiger partial charge is 0.455 e. The van der Waals surface area contributed by atoms with Gasteiger partial charge in [0.05, 0.1) is 11.4 Å². The third kappa shape index (κ3) is 4.50. The Labute approximate surface area is 297 Å². The van der Waals surface area contributed by atoms with E-state index in [9.17, 15) is 0 Å². The topological polar surface area (TPSA) is 16.4 Å². The van der Waals surface area contributed by atoms with E-state index in [1.165, 1.54) is 38.8 Å². The number of anilines is 3. The summed E-state index contributed by atoms with van der Waals surface area (Å²) in [4.78, 5) is 2.47. The molecule has 1 aliphatic carbocycles. The van der Waals surface area contributed by atoms with E-state index in [0.717, 1.165) is 55.5 Å². The maximum atomic E-state index is 6.66. The number of benzene rings is 8. The molecule has 0 radical (unpaired) electrons. The Hall–Kier alpha value is -6.38. The number of hydrogen-bond acceptors (Lipinski definition) is 2. The van der Waals surface area contributed by atoms with E-state index < -0.39 is 0 Å². The highest BCUT2D eigenvalue weighted by molar-refractivity contribution is 6.19. The van der Waals surface area contributed by atoms with Gasteiger partial charge in [-0.15, -0.1) is 0 Å². The van der Waals surface area contributed by atoms with Gasteiger partial charge in [-0.3, -0.25) is 0 Å². The van der Waals surface area contributed by atoms with E-state index in [-0.39, 0.29) is 5.41 Å². The summed E-state index contributed by atoms with van der Waals surface area (Å²) in [5, 5.41) is 4.57. The van der Waals surface area contributed by atoms with Gasteiger partial charge < -0.3 is 9.32 Å². The Balaban J connectivity index is 1.25. The molecule has 0 fully saturated rings. The van der Waals surface area contributed by atoms with Gasteiger partial charge in [0.25, 0.3) is 0 Å². The predicted octanol–water partition coefficient (Wildman–Crippen LogP) is 13.8. The van der Waals surface area contributed by atoms with Crippen LogP contribution in [0.15, 0.2) is 180 Å². The molecule has 0 amide bonds. The third-order valence-corrected chi connectivity index (χ3v) is 10.9. The lowest BCUT2D eigenvalue weighted by atomic mass is 9.82. The molecule has 2 heteroatoms. The molecule has 0 unspecified atom stereocenters. The van der Waals surface area contributed by atoms with Crippen molar-refractivity contribution in [3.8, 4) is 33.4 Å². The lowest BCUT2D eigenvalue weighted by Crippen LogP contribution is -2.17. The quantitative estimate of drug-likeness (QED) is 0.184. The minimum absolute atomic E-state index is 0.129. The molecular weight excluding hydrogens is 619 g/mol. The minimum Gasteiger partial charge on any atom is -0.455 e. The summed E-state index contributed by atoms with van der Waals surface area (Å²) in [6.45, 7) is 4.71. The van der Waals surface area contributed by atoms with Crippen molar-refractivity contribution in [2.75, 3.05) is 4.90 Å².